The monoisotopic (exact) mass is 476 g/mol. The Morgan fingerprint density at radius 2 is 1.71 bits per heavy atom. The number of thiophene rings is 1. The summed E-state index contributed by atoms with van der Waals surface area (Å²) < 4.78 is 0. The van der Waals surface area contributed by atoms with Crippen molar-refractivity contribution in [1.29, 1.82) is 0 Å². The van der Waals surface area contributed by atoms with Crippen molar-refractivity contribution < 1.29 is 19.2 Å². The van der Waals surface area contributed by atoms with Crippen LogP contribution in [0.5, 0.6) is 0 Å². The molecule has 1 aromatic heterocycles. The molecule has 4 atom stereocenters. The molecule has 2 aromatic rings. The van der Waals surface area contributed by atoms with Crippen LogP contribution >= 0.6 is 34.5 Å². The largest absolute Gasteiger partial charge is 0.291 e. The second-order valence-electron chi connectivity index (χ2n) is 8.27. The van der Waals surface area contributed by atoms with Crippen molar-refractivity contribution in [1.82, 2.24) is 10.0 Å². The molecule has 3 aliphatic rings. The van der Waals surface area contributed by atoms with Crippen molar-refractivity contribution in [3.63, 3.8) is 0 Å². The Morgan fingerprint density at radius 3 is 2.29 bits per heavy atom. The maximum absolute atomic E-state index is 13.4. The lowest BCUT2D eigenvalue weighted by atomic mass is 9.81. The van der Waals surface area contributed by atoms with Crippen LogP contribution in [-0.4, -0.2) is 40.1 Å². The van der Waals surface area contributed by atoms with Gasteiger partial charge in [-0.1, -0.05) is 29.3 Å². The number of hydrazine groups is 1. The molecule has 6 nitrogen and oxygen atoms in total. The number of hydrogen-bond donors (Lipinski definition) is 0. The van der Waals surface area contributed by atoms with E-state index in [1.165, 1.54) is 29.5 Å². The van der Waals surface area contributed by atoms with Crippen molar-refractivity contribution >= 4 is 58.0 Å². The lowest BCUT2D eigenvalue weighted by molar-refractivity contribution is -0.154. The standard InChI is InChI=1S/C22H18Cl2N2O4S/c23-14-6-5-13(9-15(14)24)20(28)25(10-16(27)17-2-1-7-31-17)26-21(29)18-11-3-4-12(8-11)19(18)22(26)30/h1-2,5-7,9,11-12,18-19H,3-4,8,10H2/t11-,12-,18+,19+/m0/s1. The normalized spacial score (nSPS) is 26.5. The quantitative estimate of drug-likeness (QED) is 0.475. The Labute approximate surface area is 192 Å². The van der Waals surface area contributed by atoms with Crippen LogP contribution in [-0.2, 0) is 9.59 Å². The molecule has 2 saturated carbocycles. The molecule has 0 radical (unpaired) electrons. The van der Waals surface area contributed by atoms with E-state index >= 15 is 0 Å². The van der Waals surface area contributed by atoms with Crippen LogP contribution < -0.4 is 0 Å². The molecule has 0 unspecified atom stereocenters. The molecule has 3 fully saturated rings. The Balaban J connectivity index is 1.51. The Bertz CT molecular complexity index is 1070. The van der Waals surface area contributed by atoms with Crippen LogP contribution in [0.25, 0.3) is 0 Å². The zero-order valence-corrected chi connectivity index (χ0v) is 18.6. The van der Waals surface area contributed by atoms with Crippen LogP contribution in [0, 0.1) is 23.7 Å². The number of halogens is 2. The highest BCUT2D eigenvalue weighted by atomic mass is 35.5. The highest BCUT2D eigenvalue weighted by Crippen LogP contribution is 2.56. The van der Waals surface area contributed by atoms with Gasteiger partial charge in [-0.25, -0.2) is 5.01 Å². The molecular weight excluding hydrogens is 459 g/mol. The molecule has 3 amide bonds. The molecule has 31 heavy (non-hydrogen) atoms. The van der Waals surface area contributed by atoms with Gasteiger partial charge in [0.1, 0.15) is 6.54 Å². The van der Waals surface area contributed by atoms with Gasteiger partial charge in [-0.05, 0) is 60.7 Å². The average Bonchev–Trinajstić information content (AvgIpc) is 3.53. The molecule has 2 heterocycles. The fourth-order valence-corrected chi connectivity index (χ4v) is 6.25. The molecule has 2 aliphatic carbocycles. The van der Waals surface area contributed by atoms with Crippen LogP contribution in [0.1, 0.15) is 39.3 Å². The summed E-state index contributed by atoms with van der Waals surface area (Å²) in [6.45, 7) is -0.411. The highest BCUT2D eigenvalue weighted by molar-refractivity contribution is 7.12. The minimum absolute atomic E-state index is 0.147. The molecule has 1 saturated heterocycles. The number of hydrogen-bond acceptors (Lipinski definition) is 5. The molecule has 1 aromatic carbocycles. The fraction of sp³-hybridized carbons (Fsp3) is 0.364. The van der Waals surface area contributed by atoms with Gasteiger partial charge in [0.2, 0.25) is 0 Å². The van der Waals surface area contributed by atoms with E-state index in [9.17, 15) is 19.2 Å². The summed E-state index contributed by atoms with van der Waals surface area (Å²) in [5.41, 5.74) is 0.147. The van der Waals surface area contributed by atoms with Crippen molar-refractivity contribution in [2.45, 2.75) is 19.3 Å². The first kappa shape index (κ1) is 20.7. The summed E-state index contributed by atoms with van der Waals surface area (Å²) in [7, 11) is 0. The minimum Gasteiger partial charge on any atom is -0.291 e. The molecule has 2 bridgehead atoms. The lowest BCUT2D eigenvalue weighted by Gasteiger charge is -2.30. The molecule has 160 valence electrons. The van der Waals surface area contributed by atoms with E-state index in [4.69, 9.17) is 23.2 Å². The molecule has 1 aliphatic heterocycles. The summed E-state index contributed by atoms with van der Waals surface area (Å²) in [6.07, 6.45) is 2.73. The van der Waals surface area contributed by atoms with E-state index in [1.54, 1.807) is 17.5 Å². The summed E-state index contributed by atoms with van der Waals surface area (Å²) in [6, 6.07) is 7.70. The summed E-state index contributed by atoms with van der Waals surface area (Å²) in [5.74, 6) is -2.19. The highest BCUT2D eigenvalue weighted by Gasteiger charge is 2.62. The van der Waals surface area contributed by atoms with E-state index < -0.39 is 24.3 Å². The van der Waals surface area contributed by atoms with Crippen molar-refractivity contribution in [3.8, 4) is 0 Å². The van der Waals surface area contributed by atoms with E-state index in [0.29, 0.717) is 4.88 Å². The molecule has 5 rings (SSSR count). The SMILES string of the molecule is O=C(CN(C(=O)c1ccc(Cl)c(Cl)c1)N1C(=O)[C@@H]2[C@H]3CC[C@@H](C3)[C@H]2C1=O)c1cccs1. The summed E-state index contributed by atoms with van der Waals surface area (Å²) in [4.78, 5) is 53.3. The molecule has 9 heteroatoms. The first-order chi connectivity index (χ1) is 14.9. The van der Waals surface area contributed by atoms with Gasteiger partial charge in [-0.3, -0.25) is 19.2 Å². The van der Waals surface area contributed by atoms with Crippen molar-refractivity contribution in [2.24, 2.45) is 23.7 Å². The van der Waals surface area contributed by atoms with Gasteiger partial charge in [0.15, 0.2) is 5.78 Å². The smallest absolute Gasteiger partial charge is 0.273 e. The van der Waals surface area contributed by atoms with Gasteiger partial charge >= 0.3 is 0 Å². The molecular formula is C22H18Cl2N2O4S. The maximum Gasteiger partial charge on any atom is 0.273 e. The predicted molar refractivity (Wildman–Crippen MR) is 116 cm³/mol. The number of ketones is 1. The second kappa shape index (κ2) is 7.73. The maximum atomic E-state index is 13.4. The zero-order valence-electron chi connectivity index (χ0n) is 16.3. The van der Waals surface area contributed by atoms with Gasteiger partial charge in [0.25, 0.3) is 17.7 Å². The second-order valence-corrected chi connectivity index (χ2v) is 10.0. The minimum atomic E-state index is -0.641. The van der Waals surface area contributed by atoms with Crippen LogP contribution in [0.15, 0.2) is 35.7 Å². The number of rotatable bonds is 5. The summed E-state index contributed by atoms with van der Waals surface area (Å²) >= 11 is 13.3. The fourth-order valence-electron chi connectivity index (χ4n) is 5.29. The first-order valence-electron chi connectivity index (χ1n) is 10.1. The topological polar surface area (TPSA) is 74.8 Å². The Hall–Kier alpha value is -2.22. The van der Waals surface area contributed by atoms with E-state index in [1.807, 2.05) is 0 Å². The molecule has 0 N–H and O–H groups in total. The number of carbonyl (C=O) groups excluding carboxylic acids is 4. The number of fused-ring (bicyclic) bond motifs is 5. The number of nitrogens with zero attached hydrogens (tertiary/aromatic N) is 2. The van der Waals surface area contributed by atoms with Crippen LogP contribution in [0.4, 0.5) is 0 Å². The van der Waals surface area contributed by atoms with E-state index in [2.05, 4.69) is 0 Å². The van der Waals surface area contributed by atoms with Gasteiger partial charge in [0.05, 0.1) is 26.8 Å². The third-order valence-electron chi connectivity index (χ3n) is 6.64. The number of Topliss-reactive ketones (excluding diaryl/α,β-unsaturated/α-hetero) is 1. The lowest BCUT2D eigenvalue weighted by Crippen LogP contribution is -2.52. The average molecular weight is 477 g/mol. The number of carbonyl (C=O) groups is 4. The van der Waals surface area contributed by atoms with Gasteiger partial charge in [-0.2, -0.15) is 5.01 Å². The first-order valence-corrected chi connectivity index (χ1v) is 11.7. The molecule has 0 spiro atoms. The third kappa shape index (κ3) is 3.30. The number of benzene rings is 1. The van der Waals surface area contributed by atoms with Crippen molar-refractivity contribution in [3.05, 3.63) is 56.2 Å². The van der Waals surface area contributed by atoms with Gasteiger partial charge < -0.3 is 0 Å². The van der Waals surface area contributed by atoms with Gasteiger partial charge in [-0.15, -0.1) is 11.3 Å². The predicted octanol–water partition coefficient (Wildman–Crippen LogP) is 4.33. The summed E-state index contributed by atoms with van der Waals surface area (Å²) in [5, 5.41) is 4.12. The van der Waals surface area contributed by atoms with E-state index in [0.717, 1.165) is 29.3 Å². The number of amides is 3. The van der Waals surface area contributed by atoms with Gasteiger partial charge in [0, 0.05) is 5.56 Å². The Kier molecular flexibility index (Phi) is 5.15. The van der Waals surface area contributed by atoms with Crippen molar-refractivity contribution in [2.75, 3.05) is 6.54 Å². The number of imide groups is 1. The van der Waals surface area contributed by atoms with Crippen LogP contribution in [0.3, 0.4) is 0 Å². The third-order valence-corrected chi connectivity index (χ3v) is 8.29. The zero-order chi connectivity index (χ0) is 21.9. The Morgan fingerprint density at radius 1 is 1.03 bits per heavy atom. The van der Waals surface area contributed by atoms with Crippen LogP contribution in [0.2, 0.25) is 10.0 Å². The van der Waals surface area contributed by atoms with E-state index in [-0.39, 0.29) is 45.0 Å².